The lowest BCUT2D eigenvalue weighted by Gasteiger charge is -2.25. The Morgan fingerprint density at radius 2 is 1.76 bits per heavy atom. The number of carbonyl (C=O) groups excluding carboxylic acids is 1. The van der Waals surface area contributed by atoms with Crippen LogP contribution >= 0.6 is 0 Å². The Labute approximate surface area is 125 Å². The van der Waals surface area contributed by atoms with Gasteiger partial charge in [0.15, 0.2) is 0 Å². The average molecular weight is 284 g/mol. The molecule has 0 aliphatic carbocycles. The highest BCUT2D eigenvalue weighted by atomic mass is 16.6. The average Bonchev–Trinajstić information content (AvgIpc) is 2.46. The van der Waals surface area contributed by atoms with Crippen LogP contribution in [0.5, 0.6) is 0 Å². The van der Waals surface area contributed by atoms with Crippen molar-refractivity contribution >= 4 is 23.2 Å². The van der Waals surface area contributed by atoms with Crippen LogP contribution in [-0.4, -0.2) is 12.7 Å². The van der Waals surface area contributed by atoms with Gasteiger partial charge in [-0.05, 0) is 50.1 Å². The minimum absolute atomic E-state index is 0.312. The molecule has 2 aromatic rings. The molecule has 110 valence electrons. The number of ether oxygens (including phenoxy) is 1. The molecule has 0 atom stereocenters. The summed E-state index contributed by atoms with van der Waals surface area (Å²) in [5.41, 5.74) is 10.1. The Morgan fingerprint density at radius 3 is 2.43 bits per heavy atom. The van der Waals surface area contributed by atoms with E-state index in [0.717, 1.165) is 16.8 Å². The first kappa shape index (κ1) is 14.9. The molecular weight excluding hydrogens is 264 g/mol. The minimum Gasteiger partial charge on any atom is -0.449 e. The van der Waals surface area contributed by atoms with Crippen LogP contribution in [0.3, 0.4) is 0 Å². The van der Waals surface area contributed by atoms with Gasteiger partial charge in [0.05, 0.1) is 23.7 Å². The van der Waals surface area contributed by atoms with E-state index < -0.39 is 6.09 Å². The van der Waals surface area contributed by atoms with Crippen molar-refractivity contribution in [2.24, 2.45) is 0 Å². The number of hydrogen-bond acceptors (Lipinski definition) is 3. The fourth-order valence-electron chi connectivity index (χ4n) is 2.18. The normalized spacial score (nSPS) is 10.2. The number of benzene rings is 2. The summed E-state index contributed by atoms with van der Waals surface area (Å²) in [5.74, 6) is 0. The number of rotatable bonds is 3. The van der Waals surface area contributed by atoms with Crippen LogP contribution in [0.25, 0.3) is 0 Å². The summed E-state index contributed by atoms with van der Waals surface area (Å²) in [6.45, 7) is 6.09. The van der Waals surface area contributed by atoms with Crippen molar-refractivity contribution in [2.45, 2.75) is 20.8 Å². The summed E-state index contributed by atoms with van der Waals surface area (Å²) in [6, 6.07) is 13.1. The molecule has 0 heterocycles. The number of aryl methyl sites for hydroxylation is 1. The Balaban J connectivity index is 2.59. The van der Waals surface area contributed by atoms with Gasteiger partial charge < -0.3 is 10.5 Å². The third-order valence-corrected chi connectivity index (χ3v) is 3.44. The molecule has 0 aromatic heterocycles. The van der Waals surface area contributed by atoms with Crippen LogP contribution in [0.15, 0.2) is 42.5 Å². The molecule has 0 aliphatic heterocycles. The molecule has 0 saturated heterocycles. The number of nitrogen functional groups attached to an aromatic ring is 1. The maximum absolute atomic E-state index is 12.4. The van der Waals surface area contributed by atoms with Gasteiger partial charge in [-0.3, -0.25) is 0 Å². The fourth-order valence-corrected chi connectivity index (χ4v) is 2.18. The van der Waals surface area contributed by atoms with E-state index in [1.54, 1.807) is 13.0 Å². The molecule has 0 saturated carbocycles. The number of para-hydroxylation sites is 2. The van der Waals surface area contributed by atoms with Crippen LogP contribution in [0.4, 0.5) is 21.9 Å². The number of nitrogens with two attached hydrogens (primary N) is 1. The van der Waals surface area contributed by atoms with Crippen molar-refractivity contribution in [3.63, 3.8) is 0 Å². The summed E-state index contributed by atoms with van der Waals surface area (Å²) in [6.07, 6.45) is -0.427. The first-order valence-corrected chi connectivity index (χ1v) is 6.93. The summed E-state index contributed by atoms with van der Waals surface area (Å²) in [5, 5.41) is 0. The van der Waals surface area contributed by atoms with Crippen molar-refractivity contribution < 1.29 is 9.53 Å². The number of amides is 1. The van der Waals surface area contributed by atoms with Crippen molar-refractivity contribution in [3.8, 4) is 0 Å². The Bertz CT molecular complexity index is 653. The number of anilines is 3. The van der Waals surface area contributed by atoms with E-state index in [1.807, 2.05) is 50.2 Å². The topological polar surface area (TPSA) is 55.6 Å². The summed E-state index contributed by atoms with van der Waals surface area (Å²) < 4.78 is 5.19. The molecule has 2 aromatic carbocycles. The van der Waals surface area contributed by atoms with Gasteiger partial charge in [0.2, 0.25) is 0 Å². The predicted octanol–water partition coefficient (Wildman–Crippen LogP) is 4.18. The Hall–Kier alpha value is -2.49. The summed E-state index contributed by atoms with van der Waals surface area (Å²) in [4.78, 5) is 13.9. The van der Waals surface area contributed by atoms with Gasteiger partial charge in [-0.25, -0.2) is 9.69 Å². The minimum atomic E-state index is -0.427. The van der Waals surface area contributed by atoms with Crippen LogP contribution in [0, 0.1) is 13.8 Å². The zero-order valence-electron chi connectivity index (χ0n) is 12.6. The molecule has 0 unspecified atom stereocenters. The first-order valence-electron chi connectivity index (χ1n) is 6.93. The smallest absolute Gasteiger partial charge is 0.419 e. The van der Waals surface area contributed by atoms with Crippen molar-refractivity contribution in [3.05, 3.63) is 53.6 Å². The van der Waals surface area contributed by atoms with E-state index in [-0.39, 0.29) is 0 Å². The highest BCUT2D eigenvalue weighted by Crippen LogP contribution is 2.34. The number of nitrogens with zero attached hydrogens (tertiary/aromatic N) is 1. The number of carbonyl (C=O) groups is 1. The van der Waals surface area contributed by atoms with Gasteiger partial charge in [0, 0.05) is 0 Å². The molecular formula is C17H20N2O2. The molecule has 2 N–H and O–H groups in total. The van der Waals surface area contributed by atoms with Gasteiger partial charge in [-0.1, -0.05) is 24.3 Å². The van der Waals surface area contributed by atoms with E-state index >= 15 is 0 Å². The molecule has 21 heavy (non-hydrogen) atoms. The maximum atomic E-state index is 12.4. The molecule has 4 nitrogen and oxygen atoms in total. The molecule has 0 aliphatic rings. The van der Waals surface area contributed by atoms with E-state index in [4.69, 9.17) is 10.5 Å². The van der Waals surface area contributed by atoms with Gasteiger partial charge in [-0.2, -0.15) is 0 Å². The van der Waals surface area contributed by atoms with E-state index in [0.29, 0.717) is 18.0 Å². The predicted molar refractivity (Wildman–Crippen MR) is 85.9 cm³/mol. The molecule has 1 amide bonds. The van der Waals surface area contributed by atoms with Crippen LogP contribution < -0.4 is 10.6 Å². The second-order valence-corrected chi connectivity index (χ2v) is 4.81. The largest absolute Gasteiger partial charge is 0.449 e. The van der Waals surface area contributed by atoms with Crippen molar-refractivity contribution in [1.82, 2.24) is 0 Å². The third kappa shape index (κ3) is 2.99. The van der Waals surface area contributed by atoms with Crippen LogP contribution in [0.2, 0.25) is 0 Å². The van der Waals surface area contributed by atoms with E-state index in [1.165, 1.54) is 4.90 Å². The lowest BCUT2D eigenvalue weighted by atomic mass is 10.1. The SMILES string of the molecule is CCOC(=O)N(c1ccccc1N)c1cccc(C)c1C. The van der Waals surface area contributed by atoms with Gasteiger partial charge >= 0.3 is 6.09 Å². The molecule has 0 radical (unpaired) electrons. The Kier molecular flexibility index (Phi) is 4.48. The van der Waals surface area contributed by atoms with Crippen molar-refractivity contribution in [1.29, 1.82) is 0 Å². The molecule has 0 fully saturated rings. The third-order valence-electron chi connectivity index (χ3n) is 3.44. The van der Waals surface area contributed by atoms with Crippen LogP contribution in [0.1, 0.15) is 18.1 Å². The standard InChI is InChI=1S/C17H20N2O2/c1-4-21-17(20)19(16-10-6-5-9-14(16)18)15-11-7-8-12(2)13(15)3/h5-11H,4,18H2,1-3H3. The number of hydrogen-bond donors (Lipinski definition) is 1. The second-order valence-electron chi connectivity index (χ2n) is 4.81. The van der Waals surface area contributed by atoms with E-state index in [9.17, 15) is 4.79 Å². The molecule has 2 rings (SSSR count). The van der Waals surface area contributed by atoms with Gasteiger partial charge in [-0.15, -0.1) is 0 Å². The lowest BCUT2D eigenvalue weighted by Crippen LogP contribution is -2.28. The highest BCUT2D eigenvalue weighted by Gasteiger charge is 2.23. The summed E-state index contributed by atoms with van der Waals surface area (Å²) >= 11 is 0. The maximum Gasteiger partial charge on any atom is 0.419 e. The van der Waals surface area contributed by atoms with Gasteiger partial charge in [0.25, 0.3) is 0 Å². The zero-order chi connectivity index (χ0) is 15.4. The Morgan fingerprint density at radius 1 is 1.10 bits per heavy atom. The van der Waals surface area contributed by atoms with Crippen LogP contribution in [-0.2, 0) is 4.74 Å². The first-order chi connectivity index (χ1) is 10.1. The monoisotopic (exact) mass is 284 g/mol. The zero-order valence-corrected chi connectivity index (χ0v) is 12.6. The van der Waals surface area contributed by atoms with E-state index in [2.05, 4.69) is 0 Å². The molecule has 0 bridgehead atoms. The van der Waals surface area contributed by atoms with Crippen molar-refractivity contribution in [2.75, 3.05) is 17.2 Å². The quantitative estimate of drug-likeness (QED) is 0.860. The lowest BCUT2D eigenvalue weighted by molar-refractivity contribution is 0.162. The summed E-state index contributed by atoms with van der Waals surface area (Å²) in [7, 11) is 0. The molecule has 4 heteroatoms. The fraction of sp³-hybridized carbons (Fsp3) is 0.235. The highest BCUT2D eigenvalue weighted by molar-refractivity contribution is 6.00. The van der Waals surface area contributed by atoms with Gasteiger partial charge in [0.1, 0.15) is 0 Å². The second kappa shape index (κ2) is 6.31. The molecule has 0 spiro atoms.